The molecular formula is C16H25NO3. The van der Waals surface area contributed by atoms with Crippen LogP contribution >= 0.6 is 0 Å². The summed E-state index contributed by atoms with van der Waals surface area (Å²) in [5.41, 5.74) is 8.37. The van der Waals surface area contributed by atoms with Gasteiger partial charge in [0.05, 0.1) is 26.4 Å². The molecule has 1 saturated carbocycles. The van der Waals surface area contributed by atoms with E-state index in [9.17, 15) is 0 Å². The van der Waals surface area contributed by atoms with Crippen LogP contribution in [0.15, 0.2) is 12.1 Å². The van der Waals surface area contributed by atoms with Crippen LogP contribution in [0.3, 0.4) is 0 Å². The van der Waals surface area contributed by atoms with Crippen LogP contribution in [0.2, 0.25) is 0 Å². The summed E-state index contributed by atoms with van der Waals surface area (Å²) in [5.74, 6) is 1.60. The SMILES string of the molecule is COCc1c(OC)ccc(C2(N)CCCCC2)c1OC. The molecule has 1 aliphatic carbocycles. The molecule has 112 valence electrons. The van der Waals surface area contributed by atoms with Crippen LogP contribution in [0, 0.1) is 0 Å². The van der Waals surface area contributed by atoms with Crippen molar-refractivity contribution in [1.82, 2.24) is 0 Å². The van der Waals surface area contributed by atoms with Gasteiger partial charge in [-0.25, -0.2) is 0 Å². The Morgan fingerprint density at radius 1 is 1.05 bits per heavy atom. The first-order valence-corrected chi connectivity index (χ1v) is 7.18. The van der Waals surface area contributed by atoms with Gasteiger partial charge in [-0.3, -0.25) is 0 Å². The molecule has 0 spiro atoms. The standard InChI is InChI=1S/C16H25NO3/c1-18-11-12-14(19-2)8-7-13(15(12)20-3)16(17)9-5-4-6-10-16/h7-8H,4-6,9-11,17H2,1-3H3. The number of rotatable bonds is 5. The van der Waals surface area contributed by atoms with E-state index in [1.165, 1.54) is 19.3 Å². The van der Waals surface area contributed by atoms with E-state index in [1.54, 1.807) is 21.3 Å². The highest BCUT2D eigenvalue weighted by atomic mass is 16.5. The Morgan fingerprint density at radius 3 is 2.30 bits per heavy atom. The number of hydrogen-bond donors (Lipinski definition) is 1. The van der Waals surface area contributed by atoms with Crippen molar-refractivity contribution in [2.24, 2.45) is 5.73 Å². The van der Waals surface area contributed by atoms with E-state index in [0.717, 1.165) is 35.5 Å². The molecular weight excluding hydrogens is 254 g/mol. The summed E-state index contributed by atoms with van der Waals surface area (Å²) >= 11 is 0. The Bertz CT molecular complexity index is 453. The molecule has 0 radical (unpaired) electrons. The normalized spacial score (nSPS) is 17.8. The van der Waals surface area contributed by atoms with Crippen LogP contribution in [-0.2, 0) is 16.9 Å². The van der Waals surface area contributed by atoms with Crippen molar-refractivity contribution < 1.29 is 14.2 Å². The average molecular weight is 279 g/mol. The van der Waals surface area contributed by atoms with E-state index in [1.807, 2.05) is 12.1 Å². The molecule has 0 aliphatic heterocycles. The molecule has 4 nitrogen and oxygen atoms in total. The monoisotopic (exact) mass is 279 g/mol. The van der Waals surface area contributed by atoms with E-state index in [-0.39, 0.29) is 5.54 Å². The minimum absolute atomic E-state index is 0.293. The molecule has 2 N–H and O–H groups in total. The van der Waals surface area contributed by atoms with Crippen molar-refractivity contribution in [2.75, 3.05) is 21.3 Å². The third-order valence-corrected chi connectivity index (χ3v) is 4.21. The highest BCUT2D eigenvalue weighted by molar-refractivity contribution is 5.52. The Labute approximate surface area is 121 Å². The molecule has 0 amide bonds. The molecule has 0 unspecified atom stereocenters. The van der Waals surface area contributed by atoms with Crippen LogP contribution in [-0.4, -0.2) is 21.3 Å². The van der Waals surface area contributed by atoms with E-state index in [4.69, 9.17) is 19.9 Å². The molecule has 1 aromatic carbocycles. The van der Waals surface area contributed by atoms with Crippen LogP contribution in [0.5, 0.6) is 11.5 Å². The summed E-state index contributed by atoms with van der Waals surface area (Å²) in [6.07, 6.45) is 5.61. The highest BCUT2D eigenvalue weighted by Gasteiger charge is 2.33. The predicted molar refractivity (Wildman–Crippen MR) is 79.2 cm³/mol. The number of nitrogens with two attached hydrogens (primary N) is 1. The molecule has 0 heterocycles. The fourth-order valence-electron chi connectivity index (χ4n) is 3.16. The Balaban J connectivity index is 2.49. The molecule has 0 atom stereocenters. The second-order valence-electron chi connectivity index (χ2n) is 5.48. The maximum absolute atomic E-state index is 6.65. The molecule has 20 heavy (non-hydrogen) atoms. The third-order valence-electron chi connectivity index (χ3n) is 4.21. The summed E-state index contributed by atoms with van der Waals surface area (Å²) in [6.45, 7) is 0.455. The Morgan fingerprint density at radius 2 is 1.75 bits per heavy atom. The Hall–Kier alpha value is -1.26. The first kappa shape index (κ1) is 15.1. The lowest BCUT2D eigenvalue weighted by atomic mass is 9.76. The summed E-state index contributed by atoms with van der Waals surface area (Å²) in [4.78, 5) is 0. The van der Waals surface area contributed by atoms with E-state index in [2.05, 4.69) is 0 Å². The van der Waals surface area contributed by atoms with E-state index >= 15 is 0 Å². The fourth-order valence-corrected chi connectivity index (χ4v) is 3.16. The van der Waals surface area contributed by atoms with Crippen molar-refractivity contribution in [2.45, 2.75) is 44.2 Å². The second kappa shape index (κ2) is 6.46. The zero-order chi connectivity index (χ0) is 14.6. The summed E-state index contributed by atoms with van der Waals surface area (Å²) in [7, 11) is 5.01. The highest BCUT2D eigenvalue weighted by Crippen LogP contribution is 2.43. The van der Waals surface area contributed by atoms with Gasteiger partial charge < -0.3 is 19.9 Å². The van der Waals surface area contributed by atoms with Gasteiger partial charge in [0.15, 0.2) is 0 Å². The summed E-state index contributed by atoms with van der Waals surface area (Å²) in [5, 5.41) is 0. The first-order valence-electron chi connectivity index (χ1n) is 7.18. The maximum Gasteiger partial charge on any atom is 0.133 e. The van der Waals surface area contributed by atoms with Gasteiger partial charge in [-0.2, -0.15) is 0 Å². The van der Waals surface area contributed by atoms with Crippen molar-refractivity contribution in [1.29, 1.82) is 0 Å². The van der Waals surface area contributed by atoms with Gasteiger partial charge in [-0.05, 0) is 25.0 Å². The third kappa shape index (κ3) is 2.76. The molecule has 1 aromatic rings. The van der Waals surface area contributed by atoms with Gasteiger partial charge in [-0.1, -0.05) is 19.3 Å². The lowest BCUT2D eigenvalue weighted by molar-refractivity contribution is 0.177. The number of benzene rings is 1. The minimum Gasteiger partial charge on any atom is -0.496 e. The average Bonchev–Trinajstić information content (AvgIpc) is 2.47. The smallest absolute Gasteiger partial charge is 0.133 e. The van der Waals surface area contributed by atoms with Crippen molar-refractivity contribution in [3.63, 3.8) is 0 Å². The molecule has 4 heteroatoms. The summed E-state index contributed by atoms with van der Waals surface area (Å²) < 4.78 is 16.4. The zero-order valence-electron chi connectivity index (χ0n) is 12.7. The number of ether oxygens (including phenoxy) is 3. The van der Waals surface area contributed by atoms with Gasteiger partial charge >= 0.3 is 0 Å². The molecule has 1 fully saturated rings. The van der Waals surface area contributed by atoms with Crippen LogP contribution in [0.25, 0.3) is 0 Å². The van der Waals surface area contributed by atoms with Gasteiger partial charge in [0, 0.05) is 18.2 Å². The quantitative estimate of drug-likeness (QED) is 0.900. The summed E-state index contributed by atoms with van der Waals surface area (Å²) in [6, 6.07) is 4.01. The number of hydrogen-bond acceptors (Lipinski definition) is 4. The lowest BCUT2D eigenvalue weighted by Gasteiger charge is -2.35. The Kier molecular flexibility index (Phi) is 4.89. The van der Waals surface area contributed by atoms with Gasteiger partial charge in [0.25, 0.3) is 0 Å². The number of methoxy groups -OCH3 is 3. The predicted octanol–water partition coefficient (Wildman–Crippen LogP) is 2.97. The maximum atomic E-state index is 6.65. The lowest BCUT2D eigenvalue weighted by Crippen LogP contribution is -2.39. The molecule has 0 bridgehead atoms. The zero-order valence-corrected chi connectivity index (χ0v) is 12.7. The molecule has 0 saturated heterocycles. The minimum atomic E-state index is -0.293. The van der Waals surface area contributed by atoms with E-state index < -0.39 is 0 Å². The molecule has 1 aliphatic rings. The fraction of sp³-hybridized carbons (Fsp3) is 0.625. The van der Waals surface area contributed by atoms with Gasteiger partial charge in [0.1, 0.15) is 11.5 Å². The van der Waals surface area contributed by atoms with Crippen molar-refractivity contribution in [3.8, 4) is 11.5 Å². The second-order valence-corrected chi connectivity index (χ2v) is 5.48. The van der Waals surface area contributed by atoms with E-state index in [0.29, 0.717) is 6.61 Å². The van der Waals surface area contributed by atoms with Crippen LogP contribution in [0.4, 0.5) is 0 Å². The topological polar surface area (TPSA) is 53.7 Å². The molecule has 2 rings (SSSR count). The molecule has 0 aromatic heterocycles. The first-order chi connectivity index (χ1) is 9.66. The van der Waals surface area contributed by atoms with Crippen molar-refractivity contribution >= 4 is 0 Å². The van der Waals surface area contributed by atoms with Gasteiger partial charge in [-0.15, -0.1) is 0 Å². The van der Waals surface area contributed by atoms with Crippen molar-refractivity contribution in [3.05, 3.63) is 23.3 Å². The van der Waals surface area contributed by atoms with Gasteiger partial charge in [0.2, 0.25) is 0 Å². The van der Waals surface area contributed by atoms with Crippen LogP contribution in [0.1, 0.15) is 43.2 Å². The van der Waals surface area contributed by atoms with Crippen LogP contribution < -0.4 is 15.2 Å². The largest absolute Gasteiger partial charge is 0.496 e.